The lowest BCUT2D eigenvalue weighted by Crippen LogP contribution is -2.61. The summed E-state index contributed by atoms with van der Waals surface area (Å²) >= 11 is 0. The molecule has 2 aromatic rings. The third-order valence-electron chi connectivity index (χ3n) is 16.0. The topological polar surface area (TPSA) is 324 Å². The van der Waals surface area contributed by atoms with Gasteiger partial charge in [-0.1, -0.05) is 25.9 Å². The maximum Gasteiger partial charge on any atom is 0.509 e. The molecule has 0 aromatic carbocycles. The molecule has 1 aliphatic carbocycles. The van der Waals surface area contributed by atoms with Crippen LogP contribution < -0.4 is 16.1 Å². The minimum atomic E-state index is -4.30. The highest BCUT2D eigenvalue weighted by molar-refractivity contribution is 7.86. The van der Waals surface area contributed by atoms with Crippen LogP contribution in [0.3, 0.4) is 0 Å². The summed E-state index contributed by atoms with van der Waals surface area (Å²) in [5, 5.41) is 53.4. The number of carboxylic acids is 1. The number of pyridine rings is 2. The molecule has 1 spiro atoms. The summed E-state index contributed by atoms with van der Waals surface area (Å²) in [6.07, 6.45) is -11.0. The van der Waals surface area contributed by atoms with Crippen LogP contribution in [0.5, 0.6) is 0 Å². The molecule has 4 aliphatic heterocycles. The molecule has 5 fully saturated rings. The summed E-state index contributed by atoms with van der Waals surface area (Å²) in [6, 6.07) is 0.516. The second-order valence-electron chi connectivity index (χ2n) is 21.8. The molecule has 7 rings (SSSR count). The summed E-state index contributed by atoms with van der Waals surface area (Å²) in [6.45, 7) is 15.2. The van der Waals surface area contributed by atoms with Crippen molar-refractivity contribution in [1.29, 1.82) is 0 Å². The number of rotatable bonds is 17. The fourth-order valence-electron chi connectivity index (χ4n) is 11.6. The smallest absolute Gasteiger partial charge is 0.477 e. The van der Waals surface area contributed by atoms with Crippen molar-refractivity contribution in [2.45, 2.75) is 172 Å². The number of hydrogen-bond acceptors (Lipinski definition) is 23. The Labute approximate surface area is 446 Å². The highest BCUT2D eigenvalue weighted by Gasteiger charge is 2.79. The summed E-state index contributed by atoms with van der Waals surface area (Å²) in [4.78, 5) is 57.7. The number of anilines is 1. The highest BCUT2D eigenvalue weighted by Crippen LogP contribution is 2.57. The van der Waals surface area contributed by atoms with Gasteiger partial charge >= 0.3 is 18.1 Å². The van der Waals surface area contributed by atoms with E-state index in [0.717, 1.165) is 12.3 Å². The van der Waals surface area contributed by atoms with Gasteiger partial charge in [0.2, 0.25) is 11.0 Å². The van der Waals surface area contributed by atoms with Crippen LogP contribution in [-0.2, 0) is 63.5 Å². The van der Waals surface area contributed by atoms with E-state index in [1.54, 1.807) is 48.5 Å². The number of carbonyl (C=O) groups excluding carboxylic acids is 2. The van der Waals surface area contributed by atoms with Crippen LogP contribution in [0, 0.1) is 29.5 Å². The van der Waals surface area contributed by atoms with Crippen LogP contribution in [0.15, 0.2) is 22.2 Å². The van der Waals surface area contributed by atoms with E-state index in [1.807, 2.05) is 25.9 Å². The van der Waals surface area contributed by atoms with Crippen LogP contribution in [0.1, 0.15) is 91.9 Å². The molecular formula is C50H75FN6O19S. The van der Waals surface area contributed by atoms with Gasteiger partial charge in [-0.2, -0.15) is 8.42 Å². The van der Waals surface area contributed by atoms with E-state index in [-0.39, 0.29) is 67.7 Å². The molecule has 77 heavy (non-hydrogen) atoms. The van der Waals surface area contributed by atoms with Crippen LogP contribution in [0.25, 0.3) is 11.0 Å². The molecule has 18 atom stereocenters. The van der Waals surface area contributed by atoms with Crippen molar-refractivity contribution in [3.05, 3.63) is 33.9 Å². The molecule has 6 N–H and O–H groups in total. The number of carbonyl (C=O) groups is 3. The van der Waals surface area contributed by atoms with Gasteiger partial charge in [-0.25, -0.2) is 19.0 Å². The first-order valence-electron chi connectivity index (χ1n) is 25.9. The average molecular weight is 1120 g/mol. The Morgan fingerprint density at radius 1 is 1.03 bits per heavy atom. The van der Waals surface area contributed by atoms with Gasteiger partial charge in [0.05, 0.1) is 52.7 Å². The molecular weight excluding hydrogens is 1040 g/mol. The number of nitrogens with one attached hydrogen (secondary N) is 2. The lowest BCUT2D eigenvalue weighted by Gasteiger charge is -2.49. The Balaban J connectivity index is 1.07. The molecule has 2 aromatic heterocycles. The Bertz CT molecular complexity index is 2710. The fourth-order valence-corrected chi connectivity index (χ4v) is 12.8. The molecule has 27 heteroatoms. The Kier molecular flexibility index (Phi) is 18.1. The van der Waals surface area contributed by atoms with Crippen molar-refractivity contribution < 1.29 is 89.8 Å². The minimum absolute atomic E-state index is 0.0449. The number of carboxylic acid groups (broad SMARTS) is 1. The first kappa shape index (κ1) is 60.0. The van der Waals surface area contributed by atoms with Crippen molar-refractivity contribution in [3.8, 4) is 0 Å². The van der Waals surface area contributed by atoms with E-state index in [2.05, 4.69) is 20.8 Å². The molecule has 0 amide bonds. The summed E-state index contributed by atoms with van der Waals surface area (Å²) in [7, 11) is 0.699. The third kappa shape index (κ3) is 12.1. The maximum atomic E-state index is 15.1. The Morgan fingerprint density at radius 3 is 2.36 bits per heavy atom. The third-order valence-corrected chi connectivity index (χ3v) is 17.2. The van der Waals surface area contributed by atoms with E-state index < -0.39 is 153 Å². The second-order valence-corrected chi connectivity index (χ2v) is 23.5. The van der Waals surface area contributed by atoms with Crippen LogP contribution in [0.4, 0.5) is 15.0 Å². The number of halogens is 1. The first-order valence-corrected chi connectivity index (χ1v) is 27.5. The standard InChI is InChI=1S/C50H75FN6O19S/c1-13-57-22-30(44(60)61)35(58)29-19-31(51)42(54-43(29)57)53-15-14-52-16-17-77(66,67)76-40-28(7)70-33(21-49(40,9)68-12)71-37-25(4)38(73-46-36(59)32(56(10)11)18-24(3)69-46)48(8,64)20-23(2)34(55-65)41-50(75-47(63)74-41)27(6)39(50)72-45(62)26(37)5/h19,22-28,32-33,36-41,46,52,59,64-65H,13-18,20-21H2,1-12H3,(H,53,54)(H,60,61)/b55-34+/t23-,24-,25+,26-,27?,28+,32+,33+,36-,37+,38-,39-,40+,41-,46+,48-,49-,50-/m1/s1. The van der Waals surface area contributed by atoms with E-state index in [0.29, 0.717) is 6.42 Å². The van der Waals surface area contributed by atoms with E-state index in [1.165, 1.54) is 18.6 Å². The monoisotopic (exact) mass is 1110 g/mol. The van der Waals surface area contributed by atoms with Crippen molar-refractivity contribution >= 4 is 50.8 Å². The average Bonchev–Trinajstić information content (AvgIpc) is 3.72. The summed E-state index contributed by atoms with van der Waals surface area (Å²) in [5.74, 6) is -7.40. The number of fused-ring (bicyclic) bond motifs is 1. The predicted octanol–water partition coefficient (Wildman–Crippen LogP) is 2.44. The SMILES string of the molecule is CCn1cc(C(=O)O)c(=O)c2cc(F)c(NCCNCCS(=O)(=O)O[C@H]3[C@H](C)O[C@@H](O[C@H]4[C@H](C)[C@@H](O[C@@H]5O[C@H](C)C[C@H](N(C)C)[C@H]5O)[C@](C)(O)C[C@@H](C)/C(=N\O)[C@H]5OC(=O)O[C@@]56C(C)[C@H]6OC(=O)[C@@H]4C)C[C@@]3(C)OC)nc21. The Morgan fingerprint density at radius 2 is 1.73 bits per heavy atom. The number of aromatic carboxylic acids is 1. The molecule has 5 aliphatic rings. The zero-order valence-corrected chi connectivity index (χ0v) is 46.3. The second kappa shape index (κ2) is 23.2. The van der Waals surface area contributed by atoms with Crippen LogP contribution >= 0.6 is 0 Å². The number of hydrogen-bond donors (Lipinski definition) is 6. The lowest BCUT2D eigenvalue weighted by molar-refractivity contribution is -0.315. The zero-order valence-electron chi connectivity index (χ0n) is 45.5. The number of esters is 1. The van der Waals surface area contributed by atoms with Crippen molar-refractivity contribution in [3.63, 3.8) is 0 Å². The highest BCUT2D eigenvalue weighted by atomic mass is 32.2. The van der Waals surface area contributed by atoms with Gasteiger partial charge in [0.15, 0.2) is 36.4 Å². The van der Waals surface area contributed by atoms with Gasteiger partial charge in [0, 0.05) is 69.7 Å². The van der Waals surface area contributed by atoms with Gasteiger partial charge in [0.25, 0.3) is 10.1 Å². The first-order chi connectivity index (χ1) is 36.0. The molecule has 1 unspecified atom stereocenters. The van der Waals surface area contributed by atoms with E-state index in [9.17, 15) is 48.1 Å². The summed E-state index contributed by atoms with van der Waals surface area (Å²) in [5.41, 5.74) is -6.18. The van der Waals surface area contributed by atoms with Gasteiger partial charge in [-0.3, -0.25) is 13.8 Å². The molecule has 432 valence electrons. The van der Waals surface area contributed by atoms with Gasteiger partial charge in [-0.05, 0) is 74.5 Å². The van der Waals surface area contributed by atoms with Crippen LogP contribution in [-0.4, -0.2) is 198 Å². The predicted molar refractivity (Wildman–Crippen MR) is 270 cm³/mol. The molecule has 6 heterocycles. The normalized spacial score (nSPS) is 38.4. The Hall–Kier alpha value is -4.68. The van der Waals surface area contributed by atoms with E-state index in [4.69, 9.17) is 42.1 Å². The molecule has 1 saturated carbocycles. The number of aliphatic hydroxyl groups is 2. The number of nitrogens with zero attached hydrogens (tertiary/aromatic N) is 4. The number of ether oxygens (including phenoxy) is 8. The maximum absolute atomic E-state index is 15.1. The number of likely N-dealkylation sites (N-methyl/N-ethyl adjacent to an activating group) is 1. The van der Waals surface area contributed by atoms with Crippen molar-refractivity contribution in [1.82, 2.24) is 19.8 Å². The molecule has 0 bridgehead atoms. The lowest BCUT2D eigenvalue weighted by atomic mass is 9.76. The largest absolute Gasteiger partial charge is 0.509 e. The zero-order chi connectivity index (χ0) is 56.9. The molecule has 0 radical (unpaired) electrons. The van der Waals surface area contributed by atoms with Crippen molar-refractivity contribution in [2.24, 2.45) is 28.8 Å². The molecule has 25 nitrogen and oxygen atoms in total. The number of aryl methyl sites for hydroxylation is 1. The fraction of sp³-hybridized carbons (Fsp3) is 0.760. The van der Waals surface area contributed by atoms with E-state index >= 15 is 4.39 Å². The van der Waals surface area contributed by atoms with Gasteiger partial charge in [-0.15, -0.1) is 0 Å². The number of aliphatic hydroxyl groups excluding tert-OH is 1. The summed E-state index contributed by atoms with van der Waals surface area (Å²) < 4.78 is 98.9. The molecule has 4 saturated heterocycles. The van der Waals surface area contributed by atoms with Crippen molar-refractivity contribution in [2.75, 3.05) is 51.9 Å². The number of oxime groups is 1. The quantitative estimate of drug-likeness (QED) is 0.0436. The van der Waals surface area contributed by atoms with Gasteiger partial charge < -0.3 is 78.5 Å². The van der Waals surface area contributed by atoms with Crippen LogP contribution in [0.2, 0.25) is 0 Å². The number of methoxy groups -OCH3 is 1. The minimum Gasteiger partial charge on any atom is -0.477 e. The number of aromatic nitrogens is 2. The van der Waals surface area contributed by atoms with Gasteiger partial charge in [0.1, 0.15) is 29.1 Å².